The minimum atomic E-state index is -3.76. The summed E-state index contributed by atoms with van der Waals surface area (Å²) in [7, 11) is -2.29. The van der Waals surface area contributed by atoms with Gasteiger partial charge in [0, 0.05) is 18.3 Å². The van der Waals surface area contributed by atoms with Gasteiger partial charge in [-0.25, -0.2) is 23.4 Å². The van der Waals surface area contributed by atoms with Crippen molar-refractivity contribution in [3.05, 3.63) is 65.9 Å². The molecule has 0 amide bonds. The van der Waals surface area contributed by atoms with Gasteiger partial charge in [0.1, 0.15) is 23.6 Å². The minimum Gasteiger partial charge on any atom is -0.479 e. The second-order valence-electron chi connectivity index (χ2n) is 9.04. The molecule has 0 N–H and O–H groups in total. The Morgan fingerprint density at radius 1 is 1.03 bits per heavy atom. The predicted molar refractivity (Wildman–Crippen MR) is 139 cm³/mol. The van der Waals surface area contributed by atoms with E-state index in [0.29, 0.717) is 33.9 Å². The van der Waals surface area contributed by atoms with Crippen molar-refractivity contribution in [2.24, 2.45) is 0 Å². The van der Waals surface area contributed by atoms with Crippen LogP contribution < -0.4 is 4.74 Å². The summed E-state index contributed by atoms with van der Waals surface area (Å²) in [5.41, 5.74) is 2.80. The molecule has 2 atom stereocenters. The summed E-state index contributed by atoms with van der Waals surface area (Å²) in [6.07, 6.45) is 4.72. The van der Waals surface area contributed by atoms with Crippen molar-refractivity contribution in [1.29, 1.82) is 0 Å². The standard InChI is InChI=1S/C25H26N8O4S/c1-14-10-26-23(27-11-14)15(2)17(4)38(34,35)12-20-30-31-24(21-18-8-6-7-9-19(18)37-32-21)33(20)22-16(3)28-13-29-25(22)36-5/h6-11,13,15,17H,12H2,1-5H3/t15-,17-/m0/s1. The summed E-state index contributed by atoms with van der Waals surface area (Å²) in [5, 5.41) is 12.7. The smallest absolute Gasteiger partial charge is 0.241 e. The molecular weight excluding hydrogens is 508 g/mol. The molecule has 0 spiro atoms. The molecule has 0 aliphatic rings. The molecule has 0 unspecified atom stereocenters. The topological polar surface area (TPSA) is 152 Å². The normalized spacial score (nSPS) is 13.5. The number of para-hydroxylation sites is 1. The third kappa shape index (κ3) is 4.49. The van der Waals surface area contributed by atoms with E-state index in [2.05, 4.69) is 35.3 Å². The Morgan fingerprint density at radius 3 is 2.50 bits per heavy atom. The Balaban J connectivity index is 1.63. The third-order valence-electron chi connectivity index (χ3n) is 6.52. The van der Waals surface area contributed by atoms with E-state index in [-0.39, 0.29) is 17.5 Å². The number of aryl methyl sites for hydroxylation is 2. The number of nitrogens with zero attached hydrogens (tertiary/aromatic N) is 8. The van der Waals surface area contributed by atoms with Gasteiger partial charge in [0.15, 0.2) is 32.8 Å². The summed E-state index contributed by atoms with van der Waals surface area (Å²) in [6.45, 7) is 7.08. The summed E-state index contributed by atoms with van der Waals surface area (Å²) in [5.74, 6) is 0.264. The molecule has 4 aromatic heterocycles. The number of sulfone groups is 1. The Bertz CT molecular complexity index is 1710. The molecule has 0 saturated heterocycles. The number of ether oxygens (including phenoxy) is 1. The molecule has 196 valence electrons. The summed E-state index contributed by atoms with van der Waals surface area (Å²) in [6, 6.07) is 7.31. The average molecular weight is 535 g/mol. The van der Waals surface area contributed by atoms with E-state index in [1.807, 2.05) is 25.1 Å². The van der Waals surface area contributed by atoms with Gasteiger partial charge < -0.3 is 9.26 Å². The fourth-order valence-electron chi connectivity index (χ4n) is 4.17. The van der Waals surface area contributed by atoms with Gasteiger partial charge in [-0.1, -0.05) is 24.2 Å². The molecule has 1 aromatic carbocycles. The lowest BCUT2D eigenvalue weighted by Crippen LogP contribution is -2.27. The van der Waals surface area contributed by atoms with Crippen LogP contribution in [0.3, 0.4) is 0 Å². The number of hydrogen-bond donors (Lipinski definition) is 0. The van der Waals surface area contributed by atoms with E-state index >= 15 is 0 Å². The minimum absolute atomic E-state index is 0.159. The molecule has 0 aliphatic heterocycles. The Hall–Kier alpha value is -4.26. The van der Waals surface area contributed by atoms with Crippen molar-refractivity contribution < 1.29 is 17.7 Å². The van der Waals surface area contributed by atoms with Crippen LogP contribution in [0.4, 0.5) is 0 Å². The highest BCUT2D eigenvalue weighted by Crippen LogP contribution is 2.34. The molecule has 4 heterocycles. The van der Waals surface area contributed by atoms with Crippen molar-refractivity contribution in [1.82, 2.24) is 39.9 Å². The Kier molecular flexibility index (Phi) is 6.61. The fourth-order valence-corrected chi connectivity index (χ4v) is 5.72. The van der Waals surface area contributed by atoms with Crippen molar-refractivity contribution in [2.75, 3.05) is 7.11 Å². The van der Waals surface area contributed by atoms with Crippen molar-refractivity contribution in [2.45, 2.75) is 44.6 Å². The zero-order valence-corrected chi connectivity index (χ0v) is 22.3. The van der Waals surface area contributed by atoms with E-state index in [4.69, 9.17) is 9.26 Å². The number of hydrogen-bond acceptors (Lipinski definition) is 11. The second kappa shape index (κ2) is 9.89. The first-order valence-electron chi connectivity index (χ1n) is 11.9. The first-order chi connectivity index (χ1) is 18.2. The number of rotatable bonds is 8. The first kappa shape index (κ1) is 25.4. The molecule has 12 nitrogen and oxygen atoms in total. The zero-order chi connectivity index (χ0) is 27.0. The highest BCUT2D eigenvalue weighted by Gasteiger charge is 2.33. The Labute approximate surface area is 219 Å². The van der Waals surface area contributed by atoms with Crippen LogP contribution in [0.1, 0.15) is 42.7 Å². The summed E-state index contributed by atoms with van der Waals surface area (Å²) >= 11 is 0. The van der Waals surface area contributed by atoms with Gasteiger partial charge in [-0.3, -0.25) is 4.57 Å². The third-order valence-corrected chi connectivity index (χ3v) is 8.72. The Morgan fingerprint density at radius 2 is 1.76 bits per heavy atom. The van der Waals surface area contributed by atoms with E-state index in [9.17, 15) is 8.42 Å². The quantitative estimate of drug-likeness (QED) is 0.288. The number of aromatic nitrogens is 8. The summed E-state index contributed by atoms with van der Waals surface area (Å²) < 4.78 is 39.9. The van der Waals surface area contributed by atoms with Crippen LogP contribution in [0, 0.1) is 13.8 Å². The number of benzene rings is 1. The van der Waals surface area contributed by atoms with Gasteiger partial charge in [-0.05, 0) is 38.5 Å². The molecule has 5 rings (SSSR count). The fraction of sp³-hybridized carbons (Fsp3) is 0.320. The van der Waals surface area contributed by atoms with E-state index < -0.39 is 26.8 Å². The van der Waals surface area contributed by atoms with Crippen LogP contribution in [0.2, 0.25) is 0 Å². The van der Waals surface area contributed by atoms with Crippen LogP contribution in [-0.2, 0) is 15.6 Å². The molecule has 0 fully saturated rings. The first-order valence-corrected chi connectivity index (χ1v) is 13.6. The maximum absolute atomic E-state index is 13.7. The average Bonchev–Trinajstić information content (AvgIpc) is 3.51. The van der Waals surface area contributed by atoms with Gasteiger partial charge in [0.25, 0.3) is 0 Å². The van der Waals surface area contributed by atoms with Crippen LogP contribution in [-0.4, -0.2) is 60.6 Å². The van der Waals surface area contributed by atoms with Crippen molar-refractivity contribution in [3.8, 4) is 23.1 Å². The highest BCUT2D eigenvalue weighted by molar-refractivity contribution is 7.91. The molecular formula is C25H26N8O4S. The van der Waals surface area contributed by atoms with E-state index in [1.165, 1.54) is 13.4 Å². The second-order valence-corrected chi connectivity index (χ2v) is 11.4. The molecule has 13 heteroatoms. The van der Waals surface area contributed by atoms with Gasteiger partial charge >= 0.3 is 0 Å². The van der Waals surface area contributed by atoms with E-state index in [1.54, 1.807) is 43.8 Å². The van der Waals surface area contributed by atoms with Gasteiger partial charge in [-0.2, -0.15) is 4.98 Å². The lowest BCUT2D eigenvalue weighted by molar-refractivity contribution is 0.394. The van der Waals surface area contributed by atoms with Crippen molar-refractivity contribution in [3.63, 3.8) is 0 Å². The number of methoxy groups -OCH3 is 1. The molecule has 38 heavy (non-hydrogen) atoms. The maximum Gasteiger partial charge on any atom is 0.241 e. The molecule has 0 radical (unpaired) electrons. The predicted octanol–water partition coefficient (Wildman–Crippen LogP) is 3.39. The van der Waals surface area contributed by atoms with Gasteiger partial charge in [0.2, 0.25) is 5.88 Å². The van der Waals surface area contributed by atoms with Crippen LogP contribution in [0.5, 0.6) is 5.88 Å². The van der Waals surface area contributed by atoms with Crippen LogP contribution >= 0.6 is 0 Å². The van der Waals surface area contributed by atoms with Crippen LogP contribution in [0.15, 0.2) is 47.5 Å². The van der Waals surface area contributed by atoms with Gasteiger partial charge in [-0.15, -0.1) is 10.2 Å². The molecule has 0 saturated carbocycles. The summed E-state index contributed by atoms with van der Waals surface area (Å²) in [4.78, 5) is 17.2. The monoisotopic (exact) mass is 534 g/mol. The highest BCUT2D eigenvalue weighted by atomic mass is 32.2. The number of fused-ring (bicyclic) bond motifs is 1. The maximum atomic E-state index is 13.7. The zero-order valence-electron chi connectivity index (χ0n) is 21.5. The molecule has 0 bridgehead atoms. The largest absolute Gasteiger partial charge is 0.479 e. The van der Waals surface area contributed by atoms with Gasteiger partial charge in [0.05, 0.1) is 23.4 Å². The molecule has 5 aromatic rings. The SMILES string of the molecule is COc1ncnc(C)c1-n1c(CS(=O)(=O)[C@@H](C)[C@H](C)c2ncc(C)cn2)nnc1-c1noc2ccccc12. The van der Waals surface area contributed by atoms with Crippen LogP contribution in [0.25, 0.3) is 28.2 Å². The lowest BCUT2D eigenvalue weighted by Gasteiger charge is -2.20. The van der Waals surface area contributed by atoms with E-state index in [0.717, 1.165) is 5.56 Å². The molecule has 0 aliphatic carbocycles. The van der Waals surface area contributed by atoms with Crippen molar-refractivity contribution >= 4 is 20.8 Å². The lowest BCUT2D eigenvalue weighted by atomic mass is 10.1.